The van der Waals surface area contributed by atoms with Crippen molar-refractivity contribution in [2.45, 2.75) is 31.6 Å². The van der Waals surface area contributed by atoms with Gasteiger partial charge in [-0.3, -0.25) is 0 Å². The Bertz CT molecular complexity index is 1550. The zero-order valence-corrected chi connectivity index (χ0v) is 23.8. The average molecular weight is 583 g/mol. The first-order chi connectivity index (χ1) is 19.3. The molecule has 2 aromatic carbocycles. The predicted molar refractivity (Wildman–Crippen MR) is 152 cm³/mol. The summed E-state index contributed by atoms with van der Waals surface area (Å²) >= 11 is 1.45. The Morgan fingerprint density at radius 2 is 1.90 bits per heavy atom. The fraction of sp³-hybridized carbons (Fsp3) is 0.333. The normalized spacial score (nSPS) is 14.7. The largest absolute Gasteiger partial charge is 0.480 e. The first-order valence-corrected chi connectivity index (χ1v) is 15.2. The first-order valence-electron chi connectivity index (χ1n) is 12.8. The third-order valence-electron chi connectivity index (χ3n) is 6.74. The molecule has 1 aliphatic heterocycles. The second-order valence-corrected chi connectivity index (χ2v) is 12.4. The molecule has 1 saturated heterocycles. The molecule has 0 amide bonds. The number of carbonyl (C=O) groups is 1. The lowest BCUT2D eigenvalue weighted by Gasteiger charge is -2.32. The number of esters is 1. The number of ether oxygens (including phenoxy) is 2. The van der Waals surface area contributed by atoms with Crippen molar-refractivity contribution < 1.29 is 22.7 Å². The lowest BCUT2D eigenvalue weighted by Crippen LogP contribution is -2.42. The van der Waals surface area contributed by atoms with E-state index in [0.29, 0.717) is 42.4 Å². The Morgan fingerprint density at radius 3 is 2.60 bits per heavy atom. The highest BCUT2D eigenvalue weighted by atomic mass is 32.2. The lowest BCUT2D eigenvalue weighted by molar-refractivity contribution is -0.142. The number of sulfonamides is 1. The molecule has 13 heteroatoms. The number of benzene rings is 2. The van der Waals surface area contributed by atoms with Crippen LogP contribution in [0.3, 0.4) is 0 Å². The fourth-order valence-electron chi connectivity index (χ4n) is 4.68. The van der Waals surface area contributed by atoms with Crippen LogP contribution in [0.1, 0.15) is 24.0 Å². The molecule has 0 spiro atoms. The minimum absolute atomic E-state index is 0.0192. The smallest absolute Gasteiger partial charge is 0.343 e. The molecular weight excluding hydrogens is 552 g/mol. The van der Waals surface area contributed by atoms with Crippen molar-refractivity contribution in [2.75, 3.05) is 32.1 Å². The summed E-state index contributed by atoms with van der Waals surface area (Å²) in [5.41, 5.74) is 3.55. The van der Waals surface area contributed by atoms with Gasteiger partial charge in [0.2, 0.25) is 15.8 Å². The molecule has 210 valence electrons. The number of thiophene rings is 1. The van der Waals surface area contributed by atoms with Gasteiger partial charge in [-0.25, -0.2) is 17.5 Å². The number of aromatic nitrogens is 4. The van der Waals surface area contributed by atoms with Crippen LogP contribution in [0.2, 0.25) is 0 Å². The third kappa shape index (κ3) is 6.32. The van der Waals surface area contributed by atoms with Gasteiger partial charge in [0.25, 0.3) is 0 Å². The minimum Gasteiger partial charge on any atom is -0.480 e. The third-order valence-corrected chi connectivity index (χ3v) is 9.90. The molecule has 0 atom stereocenters. The maximum absolute atomic E-state index is 12.9. The van der Waals surface area contributed by atoms with Crippen LogP contribution in [-0.4, -0.2) is 72.2 Å². The van der Waals surface area contributed by atoms with E-state index in [2.05, 4.69) is 32.0 Å². The van der Waals surface area contributed by atoms with Crippen LogP contribution in [-0.2, 0) is 25.3 Å². The number of aromatic amines is 1. The number of carbonyl (C=O) groups excluding carboxylic acids is 1. The highest BCUT2D eigenvalue weighted by molar-refractivity contribution is 7.88. The van der Waals surface area contributed by atoms with Crippen LogP contribution in [0.4, 0.5) is 5.69 Å². The molecule has 1 aliphatic rings. The van der Waals surface area contributed by atoms with Gasteiger partial charge in [0, 0.05) is 35.3 Å². The molecule has 11 nitrogen and oxygen atoms in total. The van der Waals surface area contributed by atoms with Gasteiger partial charge in [-0.15, -0.1) is 21.5 Å². The van der Waals surface area contributed by atoms with Crippen LogP contribution in [0, 0.1) is 6.92 Å². The predicted octanol–water partition coefficient (Wildman–Crippen LogP) is 3.86. The SMILES string of the molecule is COC(=O)COc1c(-c2nn[nH]n2)sc(-c2cccc(NC3CCN(S(=O)(=O)Cc4ccccc4)CC3)c2)c1C. The van der Waals surface area contributed by atoms with Gasteiger partial charge in [0.1, 0.15) is 10.6 Å². The van der Waals surface area contributed by atoms with Gasteiger partial charge in [0.05, 0.1) is 12.9 Å². The highest BCUT2D eigenvalue weighted by Crippen LogP contribution is 2.46. The molecule has 0 saturated carbocycles. The van der Waals surface area contributed by atoms with E-state index in [1.165, 1.54) is 18.4 Å². The maximum Gasteiger partial charge on any atom is 0.343 e. The summed E-state index contributed by atoms with van der Waals surface area (Å²) in [4.78, 5) is 13.3. The summed E-state index contributed by atoms with van der Waals surface area (Å²) in [5, 5.41) is 17.9. The van der Waals surface area contributed by atoms with Crippen molar-refractivity contribution in [1.82, 2.24) is 24.9 Å². The average Bonchev–Trinajstić information content (AvgIpc) is 3.60. The molecule has 1 fully saturated rings. The first kappa shape index (κ1) is 27.7. The maximum atomic E-state index is 12.9. The van der Waals surface area contributed by atoms with Gasteiger partial charge >= 0.3 is 5.97 Å². The van der Waals surface area contributed by atoms with Gasteiger partial charge in [-0.2, -0.15) is 5.21 Å². The van der Waals surface area contributed by atoms with Crippen LogP contribution in [0.5, 0.6) is 5.75 Å². The van der Waals surface area contributed by atoms with E-state index in [1.54, 1.807) is 4.31 Å². The molecule has 40 heavy (non-hydrogen) atoms. The molecule has 2 N–H and O–H groups in total. The van der Waals surface area contributed by atoms with Crippen molar-refractivity contribution in [3.05, 3.63) is 65.7 Å². The summed E-state index contributed by atoms with van der Waals surface area (Å²) in [6.07, 6.45) is 1.42. The Morgan fingerprint density at radius 1 is 1.12 bits per heavy atom. The van der Waals surface area contributed by atoms with Crippen LogP contribution in [0.25, 0.3) is 21.1 Å². The monoisotopic (exact) mass is 582 g/mol. The number of nitrogens with one attached hydrogen (secondary N) is 2. The molecule has 3 heterocycles. The molecule has 0 unspecified atom stereocenters. The van der Waals surface area contributed by atoms with Crippen molar-refractivity contribution in [3.8, 4) is 26.9 Å². The zero-order chi connectivity index (χ0) is 28.1. The second kappa shape index (κ2) is 12.1. The van der Waals surface area contributed by atoms with E-state index in [-0.39, 0.29) is 18.4 Å². The van der Waals surface area contributed by atoms with Crippen molar-refractivity contribution in [2.24, 2.45) is 0 Å². The molecule has 0 bridgehead atoms. The minimum atomic E-state index is -3.36. The number of tetrazole rings is 1. The molecule has 0 aliphatic carbocycles. The van der Waals surface area contributed by atoms with E-state index in [4.69, 9.17) is 9.47 Å². The number of hydrogen-bond acceptors (Lipinski definition) is 10. The van der Waals surface area contributed by atoms with E-state index >= 15 is 0 Å². The number of anilines is 1. The van der Waals surface area contributed by atoms with Gasteiger partial charge in [-0.05, 0) is 48.2 Å². The Hall–Kier alpha value is -3.81. The quantitative estimate of drug-likeness (QED) is 0.267. The van der Waals surface area contributed by atoms with Crippen molar-refractivity contribution in [1.29, 1.82) is 0 Å². The highest BCUT2D eigenvalue weighted by Gasteiger charge is 2.28. The number of H-pyrrole nitrogens is 1. The van der Waals surface area contributed by atoms with E-state index in [1.807, 2.05) is 55.5 Å². The number of methoxy groups -OCH3 is 1. The Kier molecular flexibility index (Phi) is 8.43. The molecule has 0 radical (unpaired) electrons. The van der Waals surface area contributed by atoms with Crippen molar-refractivity contribution in [3.63, 3.8) is 0 Å². The number of rotatable bonds is 10. The van der Waals surface area contributed by atoms with Crippen molar-refractivity contribution >= 4 is 33.0 Å². The standard InChI is InChI=1S/C27H30N6O5S2/c1-18-24(38-16-23(34)37-2)26(27-29-31-32-30-27)39-25(18)20-9-6-10-22(15-20)28-21-11-13-33(14-12-21)40(35,36)17-19-7-4-3-5-8-19/h3-10,15,21,28H,11-14,16-17H2,1-2H3,(H,29,30,31,32). The molecule has 2 aromatic heterocycles. The summed E-state index contributed by atoms with van der Waals surface area (Å²) in [6, 6.07) is 17.5. The number of hydrogen-bond donors (Lipinski definition) is 2. The topological polar surface area (TPSA) is 139 Å². The molecule has 4 aromatic rings. The van der Waals surface area contributed by atoms with Gasteiger partial charge in [0.15, 0.2) is 6.61 Å². The molecule has 5 rings (SSSR count). The summed E-state index contributed by atoms with van der Waals surface area (Å²) in [6.45, 7) is 2.64. The lowest BCUT2D eigenvalue weighted by atomic mass is 10.0. The summed E-state index contributed by atoms with van der Waals surface area (Å²) in [5.74, 6) is 0.416. The van der Waals surface area contributed by atoms with Crippen LogP contribution >= 0.6 is 11.3 Å². The van der Waals surface area contributed by atoms with E-state index in [0.717, 1.165) is 27.3 Å². The second-order valence-electron chi connectivity index (χ2n) is 9.45. The Balaban J connectivity index is 1.28. The summed E-state index contributed by atoms with van der Waals surface area (Å²) < 4.78 is 38.0. The van der Waals surface area contributed by atoms with Crippen LogP contribution < -0.4 is 10.1 Å². The summed E-state index contributed by atoms with van der Waals surface area (Å²) in [7, 11) is -2.05. The number of nitrogens with zero attached hydrogens (tertiary/aromatic N) is 4. The van der Waals surface area contributed by atoms with E-state index < -0.39 is 16.0 Å². The van der Waals surface area contributed by atoms with Gasteiger partial charge in [-0.1, -0.05) is 42.5 Å². The zero-order valence-electron chi connectivity index (χ0n) is 22.2. The van der Waals surface area contributed by atoms with E-state index in [9.17, 15) is 13.2 Å². The van der Waals surface area contributed by atoms with Crippen LogP contribution in [0.15, 0.2) is 54.6 Å². The molecular formula is C27H30N6O5S2. The Labute approximate surface area is 236 Å². The van der Waals surface area contributed by atoms with Gasteiger partial charge < -0.3 is 14.8 Å². The fourth-order valence-corrected chi connectivity index (χ4v) is 7.42. The number of piperidine rings is 1.